The van der Waals surface area contributed by atoms with Gasteiger partial charge in [-0.2, -0.15) is 0 Å². The summed E-state index contributed by atoms with van der Waals surface area (Å²) in [5.41, 5.74) is 2.43. The van der Waals surface area contributed by atoms with Crippen LogP contribution in [0.15, 0.2) is 24.3 Å². The summed E-state index contributed by atoms with van der Waals surface area (Å²) in [5.74, 6) is 0.510. The molecule has 1 unspecified atom stereocenters. The van der Waals surface area contributed by atoms with Crippen molar-refractivity contribution >= 4 is 11.6 Å². The van der Waals surface area contributed by atoms with Crippen LogP contribution in [-0.2, 0) is 9.53 Å². The lowest BCUT2D eigenvalue weighted by molar-refractivity contribution is -0.132. The number of rotatable bonds is 7. The van der Waals surface area contributed by atoms with Gasteiger partial charge in [0.25, 0.3) is 0 Å². The van der Waals surface area contributed by atoms with Gasteiger partial charge in [-0.05, 0) is 25.5 Å². The number of hydrogen-bond donors (Lipinski definition) is 1. The van der Waals surface area contributed by atoms with Gasteiger partial charge in [0.05, 0.1) is 6.61 Å². The minimum Gasteiger partial charge on any atom is -0.384 e. The molecule has 1 atom stereocenters. The molecule has 1 heterocycles. The maximum atomic E-state index is 12.4. The zero-order valence-electron chi connectivity index (χ0n) is 12.4. The van der Waals surface area contributed by atoms with Gasteiger partial charge in [-0.25, -0.2) is 0 Å². The first-order valence-electron chi connectivity index (χ1n) is 7.44. The maximum absolute atomic E-state index is 12.4. The molecule has 0 radical (unpaired) electrons. The number of likely N-dealkylation sites (N-methyl/N-ethyl adjacent to an activating group) is 1. The van der Waals surface area contributed by atoms with E-state index in [0.717, 1.165) is 13.1 Å². The van der Waals surface area contributed by atoms with Gasteiger partial charge in [0.1, 0.15) is 0 Å². The molecule has 110 valence electrons. The van der Waals surface area contributed by atoms with Crippen LogP contribution in [0.4, 0.5) is 5.69 Å². The van der Waals surface area contributed by atoms with Crippen LogP contribution in [0.3, 0.4) is 0 Å². The minimum absolute atomic E-state index is 0.218. The zero-order chi connectivity index (χ0) is 14.4. The van der Waals surface area contributed by atoms with Crippen molar-refractivity contribution in [1.29, 1.82) is 0 Å². The molecule has 0 aliphatic carbocycles. The third kappa shape index (κ3) is 3.51. The van der Waals surface area contributed by atoms with Crippen molar-refractivity contribution in [2.75, 3.05) is 38.2 Å². The lowest BCUT2D eigenvalue weighted by atomic mass is 9.97. The number of nitrogens with zero attached hydrogens (tertiary/aromatic N) is 1. The van der Waals surface area contributed by atoms with E-state index >= 15 is 0 Å². The van der Waals surface area contributed by atoms with Gasteiger partial charge in [-0.15, -0.1) is 0 Å². The molecule has 4 heteroatoms. The van der Waals surface area contributed by atoms with Crippen molar-refractivity contribution in [1.82, 2.24) is 4.90 Å². The van der Waals surface area contributed by atoms with E-state index in [1.54, 1.807) is 0 Å². The van der Waals surface area contributed by atoms with E-state index in [4.69, 9.17) is 4.74 Å². The number of nitrogens with one attached hydrogen (secondary N) is 1. The standard InChI is InChI=1S/C16H24N2O2/c1-3-18(9-10-20-4-2)16(19)11-13-12-17-15-8-6-5-7-14(13)15/h5-8,13,17H,3-4,9-12H2,1-2H3. The highest BCUT2D eigenvalue weighted by Gasteiger charge is 2.25. The van der Waals surface area contributed by atoms with Crippen molar-refractivity contribution in [3.05, 3.63) is 29.8 Å². The molecule has 2 rings (SSSR count). The molecule has 0 spiro atoms. The van der Waals surface area contributed by atoms with Crippen LogP contribution < -0.4 is 5.32 Å². The highest BCUT2D eigenvalue weighted by molar-refractivity contribution is 5.78. The monoisotopic (exact) mass is 276 g/mol. The molecule has 0 saturated carbocycles. The van der Waals surface area contributed by atoms with E-state index in [1.807, 2.05) is 30.9 Å². The second-order valence-corrected chi connectivity index (χ2v) is 5.04. The topological polar surface area (TPSA) is 41.6 Å². The fraction of sp³-hybridized carbons (Fsp3) is 0.562. The number of benzene rings is 1. The van der Waals surface area contributed by atoms with Crippen LogP contribution in [-0.4, -0.2) is 43.7 Å². The van der Waals surface area contributed by atoms with Crippen LogP contribution in [0.2, 0.25) is 0 Å². The first-order valence-corrected chi connectivity index (χ1v) is 7.44. The van der Waals surface area contributed by atoms with Gasteiger partial charge in [-0.3, -0.25) is 4.79 Å². The summed E-state index contributed by atoms with van der Waals surface area (Å²) in [4.78, 5) is 14.3. The van der Waals surface area contributed by atoms with E-state index in [1.165, 1.54) is 11.3 Å². The third-order valence-corrected chi connectivity index (χ3v) is 3.80. The van der Waals surface area contributed by atoms with E-state index in [2.05, 4.69) is 17.4 Å². The number of carbonyl (C=O) groups is 1. The van der Waals surface area contributed by atoms with Crippen molar-refractivity contribution in [3.8, 4) is 0 Å². The van der Waals surface area contributed by atoms with Gasteiger partial charge in [0.15, 0.2) is 0 Å². The number of ether oxygens (including phenoxy) is 1. The van der Waals surface area contributed by atoms with E-state index in [-0.39, 0.29) is 5.91 Å². The summed E-state index contributed by atoms with van der Waals surface area (Å²) in [6.45, 7) is 7.60. The first-order chi connectivity index (χ1) is 9.76. The molecule has 1 aromatic rings. The van der Waals surface area contributed by atoms with E-state index in [9.17, 15) is 4.79 Å². The molecular weight excluding hydrogens is 252 g/mol. The molecule has 1 aliphatic rings. The molecule has 0 fully saturated rings. The molecule has 4 nitrogen and oxygen atoms in total. The normalized spacial score (nSPS) is 16.6. The fourth-order valence-corrected chi connectivity index (χ4v) is 2.66. The third-order valence-electron chi connectivity index (χ3n) is 3.80. The summed E-state index contributed by atoms with van der Waals surface area (Å²) >= 11 is 0. The summed E-state index contributed by atoms with van der Waals surface area (Å²) < 4.78 is 5.34. The Morgan fingerprint density at radius 3 is 2.95 bits per heavy atom. The number of para-hydroxylation sites is 1. The number of anilines is 1. The molecule has 0 aromatic heterocycles. The fourth-order valence-electron chi connectivity index (χ4n) is 2.66. The number of amides is 1. The predicted molar refractivity (Wildman–Crippen MR) is 81.0 cm³/mol. The van der Waals surface area contributed by atoms with Crippen LogP contribution in [0.1, 0.15) is 31.7 Å². The Balaban J connectivity index is 1.91. The van der Waals surface area contributed by atoms with Crippen LogP contribution in [0.5, 0.6) is 0 Å². The highest BCUT2D eigenvalue weighted by Crippen LogP contribution is 2.33. The van der Waals surface area contributed by atoms with Crippen molar-refractivity contribution in [3.63, 3.8) is 0 Å². The Hall–Kier alpha value is -1.55. The van der Waals surface area contributed by atoms with Gasteiger partial charge in [0, 0.05) is 44.3 Å². The number of carbonyl (C=O) groups excluding carboxylic acids is 1. The van der Waals surface area contributed by atoms with Crippen LogP contribution >= 0.6 is 0 Å². The molecule has 20 heavy (non-hydrogen) atoms. The second-order valence-electron chi connectivity index (χ2n) is 5.04. The summed E-state index contributed by atoms with van der Waals surface area (Å²) in [5, 5.41) is 3.37. The lowest BCUT2D eigenvalue weighted by Crippen LogP contribution is -2.34. The Labute approximate surface area is 121 Å². The maximum Gasteiger partial charge on any atom is 0.223 e. The molecule has 1 N–H and O–H groups in total. The smallest absolute Gasteiger partial charge is 0.223 e. The Bertz CT molecular complexity index is 448. The van der Waals surface area contributed by atoms with Gasteiger partial charge >= 0.3 is 0 Å². The van der Waals surface area contributed by atoms with E-state index in [0.29, 0.717) is 32.1 Å². The van der Waals surface area contributed by atoms with Crippen molar-refractivity contribution in [2.24, 2.45) is 0 Å². The van der Waals surface area contributed by atoms with Gasteiger partial charge in [-0.1, -0.05) is 18.2 Å². The Morgan fingerprint density at radius 2 is 2.20 bits per heavy atom. The predicted octanol–water partition coefficient (Wildman–Crippen LogP) is 2.47. The molecule has 1 aromatic carbocycles. The van der Waals surface area contributed by atoms with Crippen LogP contribution in [0.25, 0.3) is 0 Å². The minimum atomic E-state index is 0.218. The zero-order valence-corrected chi connectivity index (χ0v) is 12.4. The van der Waals surface area contributed by atoms with Crippen molar-refractivity contribution < 1.29 is 9.53 Å². The number of hydrogen-bond acceptors (Lipinski definition) is 3. The Kier molecular flexibility index (Phi) is 5.41. The first kappa shape index (κ1) is 14.9. The highest BCUT2D eigenvalue weighted by atomic mass is 16.5. The lowest BCUT2D eigenvalue weighted by Gasteiger charge is -2.22. The van der Waals surface area contributed by atoms with Gasteiger partial charge < -0.3 is 15.0 Å². The van der Waals surface area contributed by atoms with Gasteiger partial charge in [0.2, 0.25) is 5.91 Å². The SMILES string of the molecule is CCOCCN(CC)C(=O)CC1CNc2ccccc21. The number of fused-ring (bicyclic) bond motifs is 1. The molecular formula is C16H24N2O2. The van der Waals surface area contributed by atoms with Crippen LogP contribution in [0, 0.1) is 0 Å². The largest absolute Gasteiger partial charge is 0.384 e. The summed E-state index contributed by atoms with van der Waals surface area (Å²) in [6.07, 6.45) is 0.573. The molecule has 0 saturated heterocycles. The quantitative estimate of drug-likeness (QED) is 0.778. The molecule has 1 aliphatic heterocycles. The molecule has 1 amide bonds. The average molecular weight is 276 g/mol. The summed E-state index contributed by atoms with van der Waals surface area (Å²) in [7, 11) is 0. The summed E-state index contributed by atoms with van der Waals surface area (Å²) in [6, 6.07) is 8.25. The van der Waals surface area contributed by atoms with E-state index < -0.39 is 0 Å². The molecule has 0 bridgehead atoms. The Morgan fingerprint density at radius 1 is 1.40 bits per heavy atom. The average Bonchev–Trinajstić information content (AvgIpc) is 2.87. The second kappa shape index (κ2) is 7.29. The van der Waals surface area contributed by atoms with Crippen molar-refractivity contribution in [2.45, 2.75) is 26.2 Å².